The summed E-state index contributed by atoms with van der Waals surface area (Å²) in [6, 6.07) is 0. The molecule has 0 fully saturated rings. The van der Waals surface area contributed by atoms with E-state index >= 15 is 0 Å². The van der Waals surface area contributed by atoms with E-state index in [9.17, 15) is 0 Å². The van der Waals surface area contributed by atoms with Gasteiger partial charge in [-0.25, -0.2) is 20.3 Å². The van der Waals surface area contributed by atoms with E-state index in [1.807, 2.05) is 41.5 Å². The maximum Gasteiger partial charge on any atom is 0.234 e. The van der Waals surface area contributed by atoms with E-state index in [4.69, 9.17) is 10.5 Å². The molecule has 0 amide bonds. The van der Waals surface area contributed by atoms with Crippen molar-refractivity contribution in [2.24, 2.45) is 10.8 Å². The summed E-state index contributed by atoms with van der Waals surface area (Å²) < 4.78 is 0. The SMILES string of the molecule is CC(C)(C)CC(CC(C)(C)C)(OO)OO. The fourth-order valence-electron chi connectivity index (χ4n) is 1.82. The lowest BCUT2D eigenvalue weighted by Crippen LogP contribution is -2.41. The molecular formula is C11H24O4. The van der Waals surface area contributed by atoms with Crippen LogP contribution in [0.15, 0.2) is 0 Å². The summed E-state index contributed by atoms with van der Waals surface area (Å²) in [5.74, 6) is -1.34. The van der Waals surface area contributed by atoms with Crippen LogP contribution >= 0.6 is 0 Å². The molecule has 0 rings (SSSR count). The van der Waals surface area contributed by atoms with Gasteiger partial charge in [-0.3, -0.25) is 0 Å². The third-order valence-corrected chi connectivity index (χ3v) is 1.93. The molecule has 0 atom stereocenters. The van der Waals surface area contributed by atoms with E-state index in [1.54, 1.807) is 0 Å². The smallest absolute Gasteiger partial charge is 0.234 e. The zero-order chi connectivity index (χ0) is 12.3. The highest BCUT2D eigenvalue weighted by Crippen LogP contribution is 2.38. The first-order chi connectivity index (χ1) is 6.54. The molecule has 0 saturated carbocycles. The molecule has 0 heterocycles. The predicted octanol–water partition coefficient (Wildman–Crippen LogP) is 3.53. The molecule has 0 aromatic heterocycles. The van der Waals surface area contributed by atoms with Gasteiger partial charge in [0.25, 0.3) is 0 Å². The molecule has 0 aromatic carbocycles. The van der Waals surface area contributed by atoms with Gasteiger partial charge < -0.3 is 0 Å². The molecule has 4 nitrogen and oxygen atoms in total. The topological polar surface area (TPSA) is 58.9 Å². The highest BCUT2D eigenvalue weighted by Gasteiger charge is 2.41. The lowest BCUT2D eigenvalue weighted by molar-refractivity contribution is -0.496. The zero-order valence-electron chi connectivity index (χ0n) is 10.6. The third-order valence-electron chi connectivity index (χ3n) is 1.93. The molecule has 4 heteroatoms. The summed E-state index contributed by atoms with van der Waals surface area (Å²) in [5.41, 5.74) is -0.229. The molecule has 2 N–H and O–H groups in total. The van der Waals surface area contributed by atoms with E-state index in [-0.39, 0.29) is 10.8 Å². The fraction of sp³-hybridized carbons (Fsp3) is 1.00. The Morgan fingerprint density at radius 1 is 0.733 bits per heavy atom. The maximum absolute atomic E-state index is 8.92. The van der Waals surface area contributed by atoms with E-state index in [0.29, 0.717) is 12.8 Å². The Labute approximate surface area is 92.1 Å². The van der Waals surface area contributed by atoms with Gasteiger partial charge in [0.2, 0.25) is 5.79 Å². The molecule has 0 saturated heterocycles. The average molecular weight is 220 g/mol. The van der Waals surface area contributed by atoms with Crippen molar-refractivity contribution >= 4 is 0 Å². The molecular weight excluding hydrogens is 196 g/mol. The van der Waals surface area contributed by atoms with Crippen LogP contribution in [0.25, 0.3) is 0 Å². The third kappa shape index (κ3) is 6.10. The monoisotopic (exact) mass is 220 g/mol. The first kappa shape index (κ1) is 14.8. The Hall–Kier alpha value is -0.160. The molecule has 0 bridgehead atoms. The first-order valence-electron chi connectivity index (χ1n) is 5.19. The van der Waals surface area contributed by atoms with Gasteiger partial charge in [0.1, 0.15) is 0 Å². The Kier molecular flexibility index (Phi) is 4.73. The van der Waals surface area contributed by atoms with Gasteiger partial charge >= 0.3 is 0 Å². The summed E-state index contributed by atoms with van der Waals surface area (Å²) in [5, 5.41) is 17.8. The van der Waals surface area contributed by atoms with Crippen LogP contribution in [0.4, 0.5) is 0 Å². The predicted molar refractivity (Wildman–Crippen MR) is 58.3 cm³/mol. The Morgan fingerprint density at radius 3 is 1.13 bits per heavy atom. The molecule has 0 aliphatic carbocycles. The van der Waals surface area contributed by atoms with E-state index in [0.717, 1.165) is 0 Å². The number of hydrogen-bond donors (Lipinski definition) is 2. The second-order valence-corrected chi connectivity index (χ2v) is 6.57. The van der Waals surface area contributed by atoms with Gasteiger partial charge in [0.05, 0.1) is 0 Å². The van der Waals surface area contributed by atoms with Crippen molar-refractivity contribution in [3.8, 4) is 0 Å². The summed E-state index contributed by atoms with van der Waals surface area (Å²) >= 11 is 0. The molecule has 0 unspecified atom stereocenters. The lowest BCUT2D eigenvalue weighted by atomic mass is 9.80. The van der Waals surface area contributed by atoms with Crippen molar-refractivity contribution in [2.75, 3.05) is 0 Å². The summed E-state index contributed by atoms with van der Waals surface area (Å²) in [6.45, 7) is 11.9. The Balaban J connectivity index is 4.74. The molecule has 0 aliphatic rings. The van der Waals surface area contributed by atoms with Crippen molar-refractivity contribution in [3.05, 3.63) is 0 Å². The van der Waals surface area contributed by atoms with Crippen LogP contribution in [0.5, 0.6) is 0 Å². The van der Waals surface area contributed by atoms with Gasteiger partial charge in [-0.1, -0.05) is 41.5 Å². The second-order valence-electron chi connectivity index (χ2n) is 6.57. The van der Waals surface area contributed by atoms with E-state index in [1.165, 1.54) is 0 Å². The molecule has 15 heavy (non-hydrogen) atoms. The normalized spacial score (nSPS) is 14.4. The van der Waals surface area contributed by atoms with E-state index < -0.39 is 5.79 Å². The maximum atomic E-state index is 8.92. The van der Waals surface area contributed by atoms with Gasteiger partial charge in [-0.15, -0.1) is 0 Å². The Morgan fingerprint density at radius 2 is 1.00 bits per heavy atom. The fourth-order valence-corrected chi connectivity index (χ4v) is 1.82. The first-order valence-corrected chi connectivity index (χ1v) is 5.19. The number of hydrogen-bond acceptors (Lipinski definition) is 4. The van der Waals surface area contributed by atoms with Crippen LogP contribution in [0.2, 0.25) is 0 Å². The van der Waals surface area contributed by atoms with Crippen LogP contribution in [0.1, 0.15) is 54.4 Å². The van der Waals surface area contributed by atoms with Gasteiger partial charge in [-0.2, -0.15) is 0 Å². The largest absolute Gasteiger partial charge is 0.249 e. The number of rotatable bonds is 4. The summed E-state index contributed by atoms with van der Waals surface area (Å²) in [6.07, 6.45) is 0.814. The highest BCUT2D eigenvalue weighted by molar-refractivity contribution is 4.80. The summed E-state index contributed by atoms with van der Waals surface area (Å²) in [7, 11) is 0. The van der Waals surface area contributed by atoms with Crippen molar-refractivity contribution in [1.82, 2.24) is 0 Å². The van der Waals surface area contributed by atoms with Crippen molar-refractivity contribution in [3.63, 3.8) is 0 Å². The van der Waals surface area contributed by atoms with Crippen LogP contribution in [0, 0.1) is 10.8 Å². The lowest BCUT2D eigenvalue weighted by Gasteiger charge is -2.36. The van der Waals surface area contributed by atoms with E-state index in [2.05, 4.69) is 9.78 Å². The standard InChI is InChI=1S/C11H24O4/c1-9(2,3)7-11(14-12,15-13)8-10(4,5)6/h12-13H,7-8H2,1-6H3. The highest BCUT2D eigenvalue weighted by atomic mass is 17.2. The van der Waals surface area contributed by atoms with Gasteiger partial charge in [0, 0.05) is 12.8 Å². The van der Waals surface area contributed by atoms with Gasteiger partial charge in [0.15, 0.2) is 0 Å². The van der Waals surface area contributed by atoms with Crippen molar-refractivity contribution < 1.29 is 20.3 Å². The van der Waals surface area contributed by atoms with Crippen LogP contribution in [-0.2, 0) is 9.78 Å². The average Bonchev–Trinajstić information content (AvgIpc) is 1.98. The minimum Gasteiger partial charge on any atom is -0.249 e. The van der Waals surface area contributed by atoms with Crippen LogP contribution < -0.4 is 0 Å². The molecule has 0 radical (unpaired) electrons. The molecule has 0 aliphatic heterocycles. The zero-order valence-corrected chi connectivity index (χ0v) is 10.6. The van der Waals surface area contributed by atoms with Crippen LogP contribution in [0.3, 0.4) is 0 Å². The van der Waals surface area contributed by atoms with Crippen molar-refractivity contribution in [2.45, 2.75) is 60.2 Å². The molecule has 0 aromatic rings. The van der Waals surface area contributed by atoms with Crippen LogP contribution in [-0.4, -0.2) is 16.3 Å². The second kappa shape index (κ2) is 4.78. The molecule has 0 spiro atoms. The Bertz CT molecular complexity index is 166. The van der Waals surface area contributed by atoms with Gasteiger partial charge in [-0.05, 0) is 10.8 Å². The molecule has 92 valence electrons. The summed E-state index contributed by atoms with van der Waals surface area (Å²) in [4.78, 5) is 8.73. The quantitative estimate of drug-likeness (QED) is 0.432. The minimum atomic E-state index is -1.34. The van der Waals surface area contributed by atoms with Crippen molar-refractivity contribution in [1.29, 1.82) is 0 Å². The minimum absolute atomic E-state index is 0.114.